The normalized spacial score (nSPS) is 11.0. The number of aromatic nitrogens is 11. The van der Waals surface area contributed by atoms with E-state index in [2.05, 4.69) is 247 Å². The number of aryl methyl sites for hydroxylation is 6. The number of hydrogen-bond donors (Lipinski definition) is 0. The molecule has 0 spiro atoms. The van der Waals surface area contributed by atoms with Crippen LogP contribution in [0.4, 0.5) is 32.2 Å². The third kappa shape index (κ3) is 25.5. The van der Waals surface area contributed by atoms with Crippen LogP contribution in [-0.4, -0.2) is 58.8 Å². The maximum atomic E-state index is 15.1. The van der Waals surface area contributed by atoms with Gasteiger partial charge in [0.15, 0.2) is 11.4 Å². The fraction of sp³-hybridized carbons (Fsp3) is 0.231. The molecule has 28 heteroatoms. The SMILES string of the molecule is CC(C)c1c[c-]c(-n2nc(C#N)cc2-c2c(C(C)(C)C)cccc2C(C)(C)C)c(F)n1.CC(C)c1cccc(C(C)C)c1-c1cc(C#N)nn1-c1[c-]cccc1F.CCc1c(-c2ccccc2)cc(-c2ccccc2)c(CC)c1-c1cc(F)nn1-c1[c-]oc2ccccc12.Cc1cc(C)c(-c2cc(F)nn2-c2[c-]cccc2F)c(C)c1.Cc1cc(C)c(-c2cc([N+](=O)[O-])nn2-c2[c-]cccc2F)c(C)c1.[Ir].[Ir].[Ir].[Ir].[Ir]. The van der Waals surface area contributed by atoms with Crippen LogP contribution in [0.5, 0.6) is 0 Å². The Morgan fingerprint density at radius 2 is 0.786 bits per heavy atom. The molecular weight excluding hydrogens is 2720 g/mol. The molecule has 18 aromatic rings. The van der Waals surface area contributed by atoms with Crippen molar-refractivity contribution in [1.82, 2.24) is 53.9 Å². The molecule has 145 heavy (non-hydrogen) atoms. The van der Waals surface area contributed by atoms with Gasteiger partial charge in [-0.1, -0.05) is 259 Å². The predicted molar refractivity (Wildman–Crippen MR) is 540 cm³/mol. The van der Waals surface area contributed by atoms with Crippen molar-refractivity contribution in [3.63, 3.8) is 0 Å². The molecule has 0 bridgehead atoms. The number of rotatable bonds is 18. The molecule has 0 unspecified atom stereocenters. The average Bonchev–Trinajstić information content (AvgIpc) is 1.61. The van der Waals surface area contributed by atoms with E-state index in [9.17, 15) is 38.2 Å². The summed E-state index contributed by atoms with van der Waals surface area (Å²) in [6.07, 6.45) is 4.54. The first kappa shape index (κ1) is 116. The molecule has 0 atom stereocenters. The van der Waals surface area contributed by atoms with Gasteiger partial charge in [0.25, 0.3) is 0 Å². The van der Waals surface area contributed by atoms with Gasteiger partial charge in [0.2, 0.25) is 11.9 Å². The molecule has 0 aliphatic rings. The number of nitrogens with zero attached hydrogens (tertiary/aromatic N) is 14. The molecule has 0 fully saturated rings. The summed E-state index contributed by atoms with van der Waals surface area (Å²) >= 11 is 0. The molecule has 0 amide bonds. The standard InChI is InChI=1S/C33H26FN2O.C26H30FN4.C22H21FN3.C18H15F2N2.C18H15FN3O2.5Ir/c1-3-24-27(22-13-7-5-8-14-22)19-28(23-15-9-6-10-16-23)25(4-2)33(24)29-20-32(34)35-36(29)30-21-37-31-18-12-11-17-26(30)31;1-16(2)20-12-13-21(24(27)29-20)31-22(14-17(15-28)30-31)23-18(25(3,4)5)10-9-11-19(23)26(6,7)8;1-14(2)17-8-7-9-18(15(3)4)22(17)21-12-16(13-24)25-26(21)20-11-6-5-10-19(20)23;1-11-8-12(2)18(13(3)9-11)16-10-17(20)21-22(16)15-7-5-4-6-14(15)19;1-11-8-12(2)18(13(3)9-11)16-10-17(22(23)24)20-21(16)15-7-5-4-6-14(15)19;;;;;/h5-20H,3-4H2,1-2H3;9-12,14,16H,1-8H3;5-10,12,14-15H,1-4H3;4-6,8-10H,1-3H3;4-6,8-10H,1-3H3;;;;;/q5*-1;;;;;. The number of nitriles is 2. The summed E-state index contributed by atoms with van der Waals surface area (Å²) < 4.78 is 99.3. The first-order valence-electron chi connectivity index (χ1n) is 46.3. The first-order valence-corrected chi connectivity index (χ1v) is 46.3. The van der Waals surface area contributed by atoms with Gasteiger partial charge in [-0.05, 0) is 189 Å². The van der Waals surface area contributed by atoms with E-state index in [1.807, 2.05) is 116 Å². The molecule has 0 N–H and O–H groups in total. The van der Waals surface area contributed by atoms with E-state index in [0.29, 0.717) is 39.7 Å². The molecule has 0 saturated carbocycles. The fourth-order valence-corrected chi connectivity index (χ4v) is 18.1. The van der Waals surface area contributed by atoms with E-state index >= 15 is 8.78 Å². The maximum Gasteiger partial charge on any atom is 0.390 e. The summed E-state index contributed by atoms with van der Waals surface area (Å²) in [6.45, 7) is 41.4. The molecule has 0 aliphatic heterocycles. The third-order valence-electron chi connectivity index (χ3n) is 24.2. The number of benzene rings is 11. The van der Waals surface area contributed by atoms with Crippen LogP contribution in [0.2, 0.25) is 0 Å². The zero-order valence-electron chi connectivity index (χ0n) is 83.7. The van der Waals surface area contributed by atoms with Gasteiger partial charge in [-0.25, -0.2) is 0 Å². The van der Waals surface area contributed by atoms with Crippen LogP contribution in [0.1, 0.15) is 199 Å². The largest absolute Gasteiger partial charge is 0.589 e. The molecule has 7 aromatic heterocycles. The van der Waals surface area contributed by atoms with E-state index in [1.165, 1.54) is 61.2 Å². The van der Waals surface area contributed by atoms with Crippen LogP contribution in [0.3, 0.4) is 0 Å². The van der Waals surface area contributed by atoms with Crippen molar-refractivity contribution < 1.29 is 136 Å². The smallest absolute Gasteiger partial charge is 0.390 e. The second kappa shape index (κ2) is 50.0. The van der Waals surface area contributed by atoms with Gasteiger partial charge in [0.1, 0.15) is 23.8 Å². The third-order valence-corrected chi connectivity index (χ3v) is 24.2. The number of fused-ring (bicyclic) bond motifs is 1. The monoisotopic (exact) mass is 2830 g/mol. The van der Waals surface area contributed by atoms with Crippen molar-refractivity contribution in [2.24, 2.45) is 0 Å². The van der Waals surface area contributed by atoms with E-state index < -0.39 is 40.2 Å². The minimum atomic E-state index is -0.648. The van der Waals surface area contributed by atoms with Crippen molar-refractivity contribution in [3.8, 4) is 119 Å². The average molecular weight is 2830 g/mol. The van der Waals surface area contributed by atoms with Crippen LogP contribution in [0, 0.1) is 140 Å². The Labute approximate surface area is 911 Å². The van der Waals surface area contributed by atoms with Gasteiger partial charge in [0.05, 0.1) is 33.9 Å². The summed E-state index contributed by atoms with van der Waals surface area (Å²) in [7, 11) is 0. The molecule has 11 aromatic carbocycles. The van der Waals surface area contributed by atoms with Crippen LogP contribution in [0.25, 0.3) is 118 Å². The molecule has 7 heterocycles. The van der Waals surface area contributed by atoms with E-state index in [0.717, 1.165) is 141 Å². The number of nitro groups is 1. The minimum absolute atomic E-state index is 0. The molecule has 0 saturated heterocycles. The molecular formula is C117H107F6Ir5N14O3-5. The first-order chi connectivity index (χ1) is 66.8. The quantitative estimate of drug-likeness (QED) is 0.0260. The molecule has 0 aliphatic carbocycles. The van der Waals surface area contributed by atoms with Crippen molar-refractivity contribution >= 4 is 16.8 Å². The number of pyridine rings is 1. The van der Waals surface area contributed by atoms with Crippen molar-refractivity contribution in [2.45, 2.75) is 180 Å². The summed E-state index contributed by atoms with van der Waals surface area (Å²) in [4.78, 5) is 14.7. The van der Waals surface area contributed by atoms with E-state index in [4.69, 9.17) is 4.42 Å². The Kier molecular flexibility index (Phi) is 40.0. The van der Waals surface area contributed by atoms with Crippen LogP contribution < -0.4 is 0 Å². The molecule has 5 radical (unpaired) electrons. The second-order valence-corrected chi connectivity index (χ2v) is 37.4. The van der Waals surface area contributed by atoms with E-state index in [-0.39, 0.29) is 169 Å². The summed E-state index contributed by atoms with van der Waals surface area (Å²) in [5.74, 6) is -2.98. The zero-order chi connectivity index (χ0) is 101. The fourth-order valence-electron chi connectivity index (χ4n) is 18.1. The van der Waals surface area contributed by atoms with Gasteiger partial charge in [-0.15, -0.1) is 39.8 Å². The zero-order valence-corrected chi connectivity index (χ0v) is 95.6. The molecule has 755 valence electrons. The minimum Gasteiger partial charge on any atom is -0.589 e. The summed E-state index contributed by atoms with van der Waals surface area (Å²) in [5, 5.41) is 51.7. The molecule has 18 rings (SSSR count). The molecule has 17 nitrogen and oxygen atoms in total. The van der Waals surface area contributed by atoms with Crippen molar-refractivity contribution in [3.05, 3.63) is 402 Å². The summed E-state index contributed by atoms with van der Waals surface area (Å²) in [6, 6.07) is 89.7. The number of furan rings is 1. The van der Waals surface area contributed by atoms with Crippen molar-refractivity contribution in [2.75, 3.05) is 0 Å². The Balaban J connectivity index is 0.000000203. The van der Waals surface area contributed by atoms with Gasteiger partial charge in [-0.3, -0.25) is 36.3 Å². The van der Waals surface area contributed by atoms with Gasteiger partial charge >= 0.3 is 5.82 Å². The Morgan fingerprint density at radius 3 is 1.19 bits per heavy atom. The van der Waals surface area contributed by atoms with Crippen LogP contribution in [-0.2, 0) is 124 Å². The number of halogens is 6. The second-order valence-electron chi connectivity index (χ2n) is 37.4. The van der Waals surface area contributed by atoms with Gasteiger partial charge in [0, 0.05) is 188 Å². The Hall–Kier alpha value is -12.6. The number of hydrogen-bond acceptors (Lipinski definition) is 11. The Bertz CT molecular complexity index is 7550. The van der Waals surface area contributed by atoms with Crippen LogP contribution in [0.15, 0.2) is 247 Å². The van der Waals surface area contributed by atoms with Crippen molar-refractivity contribution in [1.29, 1.82) is 10.5 Å². The van der Waals surface area contributed by atoms with Gasteiger partial charge in [-0.2, -0.15) is 101 Å². The summed E-state index contributed by atoms with van der Waals surface area (Å²) in [5.41, 5.74) is 27.8. The maximum absolute atomic E-state index is 15.1. The van der Waals surface area contributed by atoms with Gasteiger partial charge < -0.3 is 19.5 Å². The van der Waals surface area contributed by atoms with Crippen LogP contribution >= 0.6 is 0 Å². The topological polar surface area (TPSA) is 206 Å². The van der Waals surface area contributed by atoms with E-state index in [1.54, 1.807) is 53.2 Å². The predicted octanol–water partition coefficient (Wildman–Crippen LogP) is 29.6. The Morgan fingerprint density at radius 1 is 0.407 bits per heavy atom. The number of para-hydroxylation sites is 4.